The molecule has 1 aromatic carbocycles. The van der Waals surface area contributed by atoms with Gasteiger partial charge in [0, 0.05) is 13.1 Å². The number of hydrogen-bond donors (Lipinski definition) is 1. The number of halogens is 2. The van der Waals surface area contributed by atoms with Gasteiger partial charge in [0.1, 0.15) is 4.90 Å². The second-order valence-corrected chi connectivity index (χ2v) is 6.09. The molecule has 1 saturated heterocycles. The minimum atomic E-state index is -4.03. The van der Waals surface area contributed by atoms with Gasteiger partial charge in [0.05, 0.1) is 6.10 Å². The Kier molecular flexibility index (Phi) is 3.65. The van der Waals surface area contributed by atoms with Crippen molar-refractivity contribution in [3.8, 4) is 0 Å². The fourth-order valence-corrected chi connectivity index (χ4v) is 3.45. The highest BCUT2D eigenvalue weighted by molar-refractivity contribution is 7.89. The van der Waals surface area contributed by atoms with Gasteiger partial charge in [-0.25, -0.2) is 17.2 Å². The van der Waals surface area contributed by atoms with Crippen molar-refractivity contribution in [1.29, 1.82) is 0 Å². The lowest BCUT2D eigenvalue weighted by atomic mass is 10.1. The third-order valence-electron chi connectivity index (χ3n) is 2.96. The van der Waals surface area contributed by atoms with E-state index in [4.69, 9.17) is 0 Å². The Balaban J connectivity index is 2.34. The Morgan fingerprint density at radius 2 is 1.83 bits per heavy atom. The largest absolute Gasteiger partial charge is 0.393 e. The fourth-order valence-electron chi connectivity index (χ4n) is 1.90. The highest BCUT2D eigenvalue weighted by atomic mass is 32.2. The van der Waals surface area contributed by atoms with E-state index in [1.165, 1.54) is 0 Å². The first-order valence-electron chi connectivity index (χ1n) is 5.55. The Hall–Kier alpha value is -1.05. The van der Waals surface area contributed by atoms with Crippen LogP contribution < -0.4 is 0 Å². The van der Waals surface area contributed by atoms with E-state index in [1.54, 1.807) is 0 Å². The van der Waals surface area contributed by atoms with Crippen molar-refractivity contribution in [2.24, 2.45) is 0 Å². The predicted octanol–water partition coefficient (Wildman–Crippen LogP) is 1.11. The lowest BCUT2D eigenvalue weighted by molar-refractivity contribution is 0.113. The van der Waals surface area contributed by atoms with E-state index >= 15 is 0 Å². The van der Waals surface area contributed by atoms with Crippen LogP contribution in [0.5, 0.6) is 0 Å². The predicted molar refractivity (Wildman–Crippen MR) is 60.4 cm³/mol. The molecule has 0 radical (unpaired) electrons. The van der Waals surface area contributed by atoms with Gasteiger partial charge in [-0.1, -0.05) is 6.07 Å². The number of aliphatic hydroxyl groups is 1. The van der Waals surface area contributed by atoms with Crippen molar-refractivity contribution in [2.75, 3.05) is 13.1 Å². The fraction of sp³-hybridized carbons (Fsp3) is 0.455. The molecule has 1 aliphatic rings. The zero-order valence-electron chi connectivity index (χ0n) is 9.51. The van der Waals surface area contributed by atoms with Gasteiger partial charge >= 0.3 is 0 Å². The van der Waals surface area contributed by atoms with E-state index < -0.39 is 32.7 Å². The molecule has 0 amide bonds. The van der Waals surface area contributed by atoms with Gasteiger partial charge < -0.3 is 5.11 Å². The van der Waals surface area contributed by atoms with Crippen LogP contribution in [0.4, 0.5) is 8.78 Å². The van der Waals surface area contributed by atoms with Crippen LogP contribution in [-0.2, 0) is 10.0 Å². The van der Waals surface area contributed by atoms with Crippen molar-refractivity contribution in [1.82, 2.24) is 4.31 Å². The molecule has 1 heterocycles. The zero-order valence-corrected chi connectivity index (χ0v) is 10.3. The third-order valence-corrected chi connectivity index (χ3v) is 4.87. The van der Waals surface area contributed by atoms with Gasteiger partial charge in [0.15, 0.2) is 11.6 Å². The van der Waals surface area contributed by atoms with Crippen molar-refractivity contribution in [2.45, 2.75) is 23.8 Å². The molecule has 0 aromatic heterocycles. The summed E-state index contributed by atoms with van der Waals surface area (Å²) < 4.78 is 51.8. The van der Waals surface area contributed by atoms with Gasteiger partial charge in [-0.2, -0.15) is 4.31 Å². The Morgan fingerprint density at radius 3 is 2.44 bits per heavy atom. The summed E-state index contributed by atoms with van der Waals surface area (Å²) in [6, 6.07) is 3.07. The van der Waals surface area contributed by atoms with Gasteiger partial charge in [0.2, 0.25) is 10.0 Å². The zero-order chi connectivity index (χ0) is 13.3. The standard InChI is InChI=1S/C11H13F2NO3S/c12-9-2-1-3-10(11(9)13)18(16,17)14-6-4-8(15)5-7-14/h1-3,8,15H,4-7H2. The lowest BCUT2D eigenvalue weighted by Crippen LogP contribution is -2.40. The third kappa shape index (κ3) is 2.38. The van der Waals surface area contributed by atoms with Crippen molar-refractivity contribution in [3.63, 3.8) is 0 Å². The monoisotopic (exact) mass is 277 g/mol. The molecule has 0 saturated carbocycles. The number of hydrogen-bond acceptors (Lipinski definition) is 3. The quantitative estimate of drug-likeness (QED) is 0.881. The first-order valence-corrected chi connectivity index (χ1v) is 6.99. The van der Waals surface area contributed by atoms with Crippen LogP contribution in [-0.4, -0.2) is 37.0 Å². The SMILES string of the molecule is O=S(=O)(c1cccc(F)c1F)N1CCC(O)CC1. The molecule has 0 spiro atoms. The second kappa shape index (κ2) is 4.91. The highest BCUT2D eigenvalue weighted by Crippen LogP contribution is 2.24. The van der Waals surface area contributed by atoms with Crippen molar-refractivity contribution in [3.05, 3.63) is 29.8 Å². The number of sulfonamides is 1. The molecule has 4 nitrogen and oxygen atoms in total. The van der Waals surface area contributed by atoms with E-state index in [0.717, 1.165) is 22.5 Å². The van der Waals surface area contributed by atoms with E-state index in [-0.39, 0.29) is 13.1 Å². The van der Waals surface area contributed by atoms with Crippen LogP contribution in [0, 0.1) is 11.6 Å². The second-order valence-electron chi connectivity index (χ2n) is 4.19. The Labute approximate surface area is 104 Å². The summed E-state index contributed by atoms with van der Waals surface area (Å²) in [5.41, 5.74) is 0. The van der Waals surface area contributed by atoms with Crippen molar-refractivity contribution < 1.29 is 22.3 Å². The lowest BCUT2D eigenvalue weighted by Gasteiger charge is -2.28. The van der Waals surface area contributed by atoms with Gasteiger partial charge in [-0.05, 0) is 25.0 Å². The summed E-state index contributed by atoms with van der Waals surface area (Å²) >= 11 is 0. The van der Waals surface area contributed by atoms with E-state index in [1.807, 2.05) is 0 Å². The molecule has 18 heavy (non-hydrogen) atoms. The van der Waals surface area contributed by atoms with Crippen LogP contribution in [0.25, 0.3) is 0 Å². The summed E-state index contributed by atoms with van der Waals surface area (Å²) in [6.45, 7) is 0.221. The van der Waals surface area contributed by atoms with Gasteiger partial charge in [-0.15, -0.1) is 0 Å². The average molecular weight is 277 g/mol. The van der Waals surface area contributed by atoms with Crippen LogP contribution in [0.1, 0.15) is 12.8 Å². The normalized spacial score (nSPS) is 19.1. The van der Waals surface area contributed by atoms with Gasteiger partial charge in [-0.3, -0.25) is 0 Å². The summed E-state index contributed by atoms with van der Waals surface area (Å²) in [5.74, 6) is -2.54. The van der Waals surface area contributed by atoms with E-state index in [2.05, 4.69) is 0 Å². The summed E-state index contributed by atoms with van der Waals surface area (Å²) in [4.78, 5) is -0.654. The van der Waals surface area contributed by atoms with E-state index in [0.29, 0.717) is 12.8 Å². The Morgan fingerprint density at radius 1 is 1.22 bits per heavy atom. The maximum absolute atomic E-state index is 13.5. The molecule has 0 bridgehead atoms. The number of nitrogens with zero attached hydrogens (tertiary/aromatic N) is 1. The molecule has 1 fully saturated rings. The van der Waals surface area contributed by atoms with Gasteiger partial charge in [0.25, 0.3) is 0 Å². The number of benzene rings is 1. The van der Waals surface area contributed by atoms with E-state index in [9.17, 15) is 22.3 Å². The molecule has 1 N–H and O–H groups in total. The maximum Gasteiger partial charge on any atom is 0.246 e. The number of piperidine rings is 1. The number of aliphatic hydroxyl groups excluding tert-OH is 1. The molecule has 7 heteroatoms. The first kappa shape index (κ1) is 13.4. The molecule has 2 rings (SSSR count). The molecular weight excluding hydrogens is 264 g/mol. The smallest absolute Gasteiger partial charge is 0.246 e. The maximum atomic E-state index is 13.5. The summed E-state index contributed by atoms with van der Waals surface area (Å²) in [7, 11) is -4.03. The number of rotatable bonds is 2. The van der Waals surface area contributed by atoms with Crippen molar-refractivity contribution >= 4 is 10.0 Å². The molecule has 0 aliphatic carbocycles. The van der Waals surface area contributed by atoms with Crippen LogP contribution in [0.3, 0.4) is 0 Å². The molecule has 0 atom stereocenters. The molecule has 1 aliphatic heterocycles. The minimum absolute atomic E-state index is 0.111. The summed E-state index contributed by atoms with van der Waals surface area (Å²) in [6.07, 6.45) is 0.0700. The molecule has 100 valence electrons. The van der Waals surface area contributed by atoms with Crippen LogP contribution >= 0.6 is 0 Å². The Bertz CT molecular complexity index is 539. The summed E-state index contributed by atoms with van der Waals surface area (Å²) in [5, 5.41) is 9.31. The topological polar surface area (TPSA) is 57.6 Å². The minimum Gasteiger partial charge on any atom is -0.393 e. The molecule has 1 aromatic rings. The molecule has 0 unspecified atom stereocenters. The first-order chi connectivity index (χ1) is 8.43. The average Bonchev–Trinajstić information content (AvgIpc) is 2.33. The van der Waals surface area contributed by atoms with Crippen LogP contribution in [0.15, 0.2) is 23.1 Å². The highest BCUT2D eigenvalue weighted by Gasteiger charge is 2.31. The van der Waals surface area contributed by atoms with Crippen LogP contribution in [0.2, 0.25) is 0 Å². The molecular formula is C11H13F2NO3S.